The summed E-state index contributed by atoms with van der Waals surface area (Å²) in [5.74, 6) is 1.24. The molecular weight excluding hydrogens is 340 g/mol. The molecule has 1 heterocycles. The molecule has 0 spiro atoms. The molecule has 5 nitrogen and oxygen atoms in total. The third-order valence-corrected chi connectivity index (χ3v) is 4.70. The molecular formula is C22H22N2O3. The second kappa shape index (κ2) is 7.27. The van der Waals surface area contributed by atoms with E-state index in [2.05, 4.69) is 28.5 Å². The zero-order valence-corrected chi connectivity index (χ0v) is 15.4. The molecule has 3 aromatic rings. The molecule has 1 saturated carbocycles. The Kier molecular flexibility index (Phi) is 4.67. The minimum absolute atomic E-state index is 0.0556. The molecule has 1 atom stereocenters. The van der Waals surface area contributed by atoms with Crippen LogP contribution in [-0.2, 0) is 4.79 Å². The van der Waals surface area contributed by atoms with Gasteiger partial charge in [0.1, 0.15) is 5.75 Å². The number of nitrogens with one attached hydrogen (secondary N) is 1. The van der Waals surface area contributed by atoms with Gasteiger partial charge in [-0.05, 0) is 60.4 Å². The molecule has 1 unspecified atom stereocenters. The quantitative estimate of drug-likeness (QED) is 0.721. The highest BCUT2D eigenvalue weighted by Gasteiger charge is 2.26. The van der Waals surface area contributed by atoms with Crippen molar-refractivity contribution in [2.24, 2.45) is 0 Å². The van der Waals surface area contributed by atoms with Crippen LogP contribution in [0.3, 0.4) is 0 Å². The van der Waals surface area contributed by atoms with Gasteiger partial charge in [-0.15, -0.1) is 0 Å². The summed E-state index contributed by atoms with van der Waals surface area (Å²) in [6.45, 7) is 1.78. The number of carbonyl (C=O) groups is 1. The van der Waals surface area contributed by atoms with Crippen molar-refractivity contribution in [3.8, 4) is 22.8 Å². The van der Waals surface area contributed by atoms with E-state index in [4.69, 9.17) is 9.47 Å². The van der Waals surface area contributed by atoms with Gasteiger partial charge in [0.15, 0.2) is 6.10 Å². The summed E-state index contributed by atoms with van der Waals surface area (Å²) in [6.07, 6.45) is 3.44. The Bertz CT molecular complexity index is 965. The van der Waals surface area contributed by atoms with Crippen molar-refractivity contribution in [1.29, 1.82) is 0 Å². The fourth-order valence-electron chi connectivity index (χ4n) is 2.95. The SMILES string of the molecule is COc1ccc(-c2ccc3cc(OC(C)C(=O)NC4CC4)ccc3c2)cn1. The molecule has 1 aliphatic carbocycles. The number of nitrogens with zero attached hydrogens (tertiary/aromatic N) is 1. The summed E-state index contributed by atoms with van der Waals surface area (Å²) < 4.78 is 10.9. The van der Waals surface area contributed by atoms with Crippen LogP contribution >= 0.6 is 0 Å². The maximum Gasteiger partial charge on any atom is 0.260 e. The van der Waals surface area contributed by atoms with E-state index >= 15 is 0 Å². The lowest BCUT2D eigenvalue weighted by atomic mass is 10.0. The van der Waals surface area contributed by atoms with Crippen LogP contribution in [0.15, 0.2) is 54.7 Å². The van der Waals surface area contributed by atoms with Crippen molar-refractivity contribution < 1.29 is 14.3 Å². The largest absolute Gasteiger partial charge is 0.481 e. The average Bonchev–Trinajstić information content (AvgIpc) is 3.51. The van der Waals surface area contributed by atoms with Gasteiger partial charge in [0.2, 0.25) is 5.88 Å². The third kappa shape index (κ3) is 4.03. The van der Waals surface area contributed by atoms with E-state index < -0.39 is 6.10 Å². The van der Waals surface area contributed by atoms with E-state index in [1.54, 1.807) is 20.2 Å². The first-order valence-electron chi connectivity index (χ1n) is 9.13. The van der Waals surface area contributed by atoms with E-state index in [9.17, 15) is 4.79 Å². The molecule has 0 bridgehead atoms. The molecule has 27 heavy (non-hydrogen) atoms. The minimum Gasteiger partial charge on any atom is -0.481 e. The maximum atomic E-state index is 12.1. The van der Waals surface area contributed by atoms with Gasteiger partial charge in [-0.25, -0.2) is 4.98 Å². The zero-order valence-electron chi connectivity index (χ0n) is 15.4. The first-order chi connectivity index (χ1) is 13.1. The molecule has 1 aromatic heterocycles. The van der Waals surface area contributed by atoms with Crippen LogP contribution in [0.4, 0.5) is 0 Å². The summed E-state index contributed by atoms with van der Waals surface area (Å²) >= 11 is 0. The molecule has 0 saturated heterocycles. The van der Waals surface area contributed by atoms with Gasteiger partial charge in [0, 0.05) is 23.9 Å². The van der Waals surface area contributed by atoms with Crippen LogP contribution < -0.4 is 14.8 Å². The molecule has 1 fully saturated rings. The number of aromatic nitrogens is 1. The van der Waals surface area contributed by atoms with Crippen LogP contribution in [0, 0.1) is 0 Å². The van der Waals surface area contributed by atoms with Gasteiger partial charge < -0.3 is 14.8 Å². The highest BCUT2D eigenvalue weighted by molar-refractivity contribution is 5.88. The molecule has 1 aliphatic rings. The number of fused-ring (bicyclic) bond motifs is 1. The number of pyridine rings is 1. The van der Waals surface area contributed by atoms with Gasteiger partial charge in [-0.1, -0.05) is 18.2 Å². The second-order valence-corrected chi connectivity index (χ2v) is 6.86. The van der Waals surface area contributed by atoms with E-state index in [1.807, 2.05) is 30.3 Å². The molecule has 4 rings (SSSR count). The first kappa shape index (κ1) is 17.3. The Morgan fingerprint density at radius 3 is 2.52 bits per heavy atom. The van der Waals surface area contributed by atoms with Crippen LogP contribution in [0.5, 0.6) is 11.6 Å². The Balaban J connectivity index is 1.51. The fourth-order valence-corrected chi connectivity index (χ4v) is 2.95. The number of hydrogen-bond donors (Lipinski definition) is 1. The van der Waals surface area contributed by atoms with Crippen LogP contribution in [-0.4, -0.2) is 30.1 Å². The lowest BCUT2D eigenvalue weighted by Crippen LogP contribution is -2.37. The third-order valence-electron chi connectivity index (χ3n) is 4.70. The van der Waals surface area contributed by atoms with Gasteiger partial charge >= 0.3 is 0 Å². The highest BCUT2D eigenvalue weighted by atomic mass is 16.5. The van der Waals surface area contributed by atoms with Gasteiger partial charge in [-0.2, -0.15) is 0 Å². The number of ether oxygens (including phenoxy) is 2. The predicted molar refractivity (Wildman–Crippen MR) is 105 cm³/mol. The number of methoxy groups -OCH3 is 1. The van der Waals surface area contributed by atoms with E-state index in [-0.39, 0.29) is 5.91 Å². The monoisotopic (exact) mass is 362 g/mol. The second-order valence-electron chi connectivity index (χ2n) is 6.86. The Labute approximate surface area is 158 Å². The average molecular weight is 362 g/mol. The smallest absolute Gasteiger partial charge is 0.260 e. The first-order valence-corrected chi connectivity index (χ1v) is 9.13. The van der Waals surface area contributed by atoms with Crippen molar-refractivity contribution in [3.05, 3.63) is 54.7 Å². The van der Waals surface area contributed by atoms with E-state index in [0.717, 1.165) is 34.7 Å². The van der Waals surface area contributed by atoms with Gasteiger partial charge in [0.25, 0.3) is 5.91 Å². The predicted octanol–water partition coefficient (Wildman–Crippen LogP) is 3.96. The maximum absolute atomic E-state index is 12.1. The lowest BCUT2D eigenvalue weighted by Gasteiger charge is -2.15. The molecule has 0 radical (unpaired) electrons. The lowest BCUT2D eigenvalue weighted by molar-refractivity contribution is -0.127. The number of carbonyl (C=O) groups excluding carboxylic acids is 1. The summed E-state index contributed by atoms with van der Waals surface area (Å²) in [6, 6.07) is 16.3. The Morgan fingerprint density at radius 1 is 1.07 bits per heavy atom. The normalized spacial score (nSPS) is 14.6. The number of hydrogen-bond acceptors (Lipinski definition) is 4. The van der Waals surface area contributed by atoms with Crippen LogP contribution in [0.2, 0.25) is 0 Å². The number of benzene rings is 2. The Morgan fingerprint density at radius 2 is 1.81 bits per heavy atom. The van der Waals surface area contributed by atoms with Gasteiger partial charge in [-0.3, -0.25) is 4.79 Å². The van der Waals surface area contributed by atoms with Crippen molar-refractivity contribution >= 4 is 16.7 Å². The van der Waals surface area contributed by atoms with Crippen molar-refractivity contribution in [3.63, 3.8) is 0 Å². The van der Waals surface area contributed by atoms with Crippen molar-refractivity contribution in [2.45, 2.75) is 31.9 Å². The van der Waals surface area contributed by atoms with E-state index in [0.29, 0.717) is 17.7 Å². The summed E-state index contributed by atoms with van der Waals surface area (Å²) in [5, 5.41) is 5.13. The fraction of sp³-hybridized carbons (Fsp3) is 0.273. The molecule has 5 heteroatoms. The minimum atomic E-state index is -0.507. The topological polar surface area (TPSA) is 60.5 Å². The van der Waals surface area contributed by atoms with E-state index in [1.165, 1.54) is 0 Å². The molecule has 1 amide bonds. The molecule has 2 aromatic carbocycles. The van der Waals surface area contributed by atoms with Crippen molar-refractivity contribution in [1.82, 2.24) is 10.3 Å². The zero-order chi connectivity index (χ0) is 18.8. The number of amides is 1. The molecule has 0 aliphatic heterocycles. The van der Waals surface area contributed by atoms with Crippen LogP contribution in [0.1, 0.15) is 19.8 Å². The van der Waals surface area contributed by atoms with Gasteiger partial charge in [0.05, 0.1) is 7.11 Å². The van der Waals surface area contributed by atoms with Crippen LogP contribution in [0.25, 0.3) is 21.9 Å². The number of rotatable bonds is 6. The summed E-state index contributed by atoms with van der Waals surface area (Å²) in [5.41, 5.74) is 2.12. The standard InChI is InChI=1S/C22H22N2O3/c1-14(22(25)24-19-7-8-19)27-20-9-5-15-11-16(3-4-17(15)12-20)18-6-10-21(26-2)23-13-18/h3-6,9-14,19H,7-8H2,1-2H3,(H,24,25). The molecule has 138 valence electrons. The highest BCUT2D eigenvalue weighted by Crippen LogP contribution is 2.28. The Hall–Kier alpha value is -3.08. The summed E-state index contributed by atoms with van der Waals surface area (Å²) in [7, 11) is 1.61. The molecule has 1 N–H and O–H groups in total. The van der Waals surface area contributed by atoms with Crippen molar-refractivity contribution in [2.75, 3.05) is 7.11 Å². The summed E-state index contributed by atoms with van der Waals surface area (Å²) in [4.78, 5) is 16.3.